The summed E-state index contributed by atoms with van der Waals surface area (Å²) in [6.45, 7) is 1.40. The van der Waals surface area contributed by atoms with Crippen LogP contribution in [0, 0.1) is 5.92 Å². The molecule has 1 fully saturated rings. The van der Waals surface area contributed by atoms with Gasteiger partial charge >= 0.3 is 0 Å². The zero-order valence-corrected chi connectivity index (χ0v) is 8.13. The van der Waals surface area contributed by atoms with Gasteiger partial charge in [0.1, 0.15) is 11.8 Å². The molecule has 1 aliphatic rings. The molecule has 0 aliphatic heterocycles. The van der Waals surface area contributed by atoms with Crippen molar-refractivity contribution in [1.82, 2.24) is 15.0 Å². The number of hydrogen-bond acceptors (Lipinski definition) is 4. The molecule has 0 radical (unpaired) electrons. The summed E-state index contributed by atoms with van der Waals surface area (Å²) < 4.78 is 1.81. The Morgan fingerprint density at radius 3 is 3.07 bits per heavy atom. The monoisotopic (exact) mass is 196 g/mol. The molecule has 1 atom stereocenters. The summed E-state index contributed by atoms with van der Waals surface area (Å²) in [5.74, 6) is 0.774. The number of rotatable bonds is 5. The molecule has 0 saturated heterocycles. The second-order valence-electron chi connectivity index (χ2n) is 3.90. The van der Waals surface area contributed by atoms with Gasteiger partial charge in [0.05, 0.1) is 6.20 Å². The van der Waals surface area contributed by atoms with E-state index in [0.29, 0.717) is 18.7 Å². The fourth-order valence-corrected chi connectivity index (χ4v) is 1.43. The molecular formula is C9H16N4O. The third-order valence-corrected chi connectivity index (χ3v) is 2.48. The first kappa shape index (κ1) is 9.61. The lowest BCUT2D eigenvalue weighted by Gasteiger charge is -2.03. The van der Waals surface area contributed by atoms with Gasteiger partial charge in [-0.2, -0.15) is 0 Å². The molecule has 0 unspecified atom stereocenters. The van der Waals surface area contributed by atoms with Gasteiger partial charge in [0.2, 0.25) is 0 Å². The Morgan fingerprint density at radius 2 is 2.43 bits per heavy atom. The normalized spacial score (nSPS) is 18.4. The molecule has 1 saturated carbocycles. The van der Waals surface area contributed by atoms with Crippen molar-refractivity contribution in [3.63, 3.8) is 0 Å². The van der Waals surface area contributed by atoms with Crippen LogP contribution in [0.5, 0.6) is 0 Å². The van der Waals surface area contributed by atoms with Crippen molar-refractivity contribution in [1.29, 1.82) is 0 Å². The molecule has 3 N–H and O–H groups in total. The Labute approximate surface area is 82.9 Å². The predicted octanol–water partition coefficient (Wildman–Crippen LogP) is 0.0703. The van der Waals surface area contributed by atoms with Crippen LogP contribution in [0.2, 0.25) is 0 Å². The molecular weight excluding hydrogens is 180 g/mol. The molecule has 2 rings (SSSR count). The van der Waals surface area contributed by atoms with E-state index in [0.717, 1.165) is 12.5 Å². The molecule has 1 aliphatic carbocycles. The molecule has 0 spiro atoms. The SMILES string of the molecule is NCC[C@H](O)c1cn(CC2CC2)nn1. The van der Waals surface area contributed by atoms with Crippen molar-refractivity contribution >= 4 is 0 Å². The Morgan fingerprint density at radius 1 is 1.64 bits per heavy atom. The summed E-state index contributed by atoms with van der Waals surface area (Å²) in [5, 5.41) is 17.5. The standard InChI is InChI=1S/C9H16N4O/c10-4-3-9(14)8-6-13(12-11-8)5-7-1-2-7/h6-7,9,14H,1-5,10H2/t9-/m0/s1. The number of hydrogen-bond donors (Lipinski definition) is 2. The first-order chi connectivity index (χ1) is 6.79. The lowest BCUT2D eigenvalue weighted by molar-refractivity contribution is 0.165. The van der Waals surface area contributed by atoms with Gasteiger partial charge in [-0.15, -0.1) is 5.10 Å². The van der Waals surface area contributed by atoms with Gasteiger partial charge in [0.15, 0.2) is 0 Å². The first-order valence-electron chi connectivity index (χ1n) is 5.07. The molecule has 14 heavy (non-hydrogen) atoms. The molecule has 1 heterocycles. The third-order valence-electron chi connectivity index (χ3n) is 2.48. The average molecular weight is 196 g/mol. The quantitative estimate of drug-likeness (QED) is 0.698. The van der Waals surface area contributed by atoms with Crippen LogP contribution in [0.15, 0.2) is 6.20 Å². The van der Waals surface area contributed by atoms with E-state index < -0.39 is 6.10 Å². The van der Waals surface area contributed by atoms with E-state index >= 15 is 0 Å². The van der Waals surface area contributed by atoms with Crippen molar-refractivity contribution in [3.8, 4) is 0 Å². The van der Waals surface area contributed by atoms with Crippen LogP contribution < -0.4 is 5.73 Å². The van der Waals surface area contributed by atoms with Crippen LogP contribution in [-0.4, -0.2) is 26.6 Å². The summed E-state index contributed by atoms with van der Waals surface area (Å²) in [6, 6.07) is 0. The Hall–Kier alpha value is -0.940. The Balaban J connectivity index is 1.93. The first-order valence-corrected chi connectivity index (χ1v) is 5.07. The molecule has 0 aromatic carbocycles. The molecule has 5 heteroatoms. The molecule has 1 aromatic rings. The van der Waals surface area contributed by atoms with E-state index in [1.807, 2.05) is 10.9 Å². The molecule has 5 nitrogen and oxygen atoms in total. The van der Waals surface area contributed by atoms with Gasteiger partial charge in [-0.25, -0.2) is 0 Å². The molecule has 0 amide bonds. The van der Waals surface area contributed by atoms with Crippen molar-refractivity contribution < 1.29 is 5.11 Å². The maximum atomic E-state index is 9.59. The topological polar surface area (TPSA) is 77.0 Å². The smallest absolute Gasteiger partial charge is 0.111 e. The Bertz CT molecular complexity index is 295. The highest BCUT2D eigenvalue weighted by atomic mass is 16.3. The number of aliphatic hydroxyl groups is 1. The van der Waals surface area contributed by atoms with Gasteiger partial charge in [-0.05, 0) is 31.7 Å². The van der Waals surface area contributed by atoms with Gasteiger partial charge in [-0.1, -0.05) is 5.21 Å². The highest BCUT2D eigenvalue weighted by molar-refractivity contribution is 4.97. The van der Waals surface area contributed by atoms with E-state index in [9.17, 15) is 5.11 Å². The van der Waals surface area contributed by atoms with Crippen molar-refractivity contribution in [3.05, 3.63) is 11.9 Å². The van der Waals surface area contributed by atoms with Crippen molar-refractivity contribution in [2.45, 2.75) is 31.9 Å². The summed E-state index contributed by atoms with van der Waals surface area (Å²) in [6.07, 6.45) is 4.38. The maximum absolute atomic E-state index is 9.59. The van der Waals surface area contributed by atoms with Crippen LogP contribution in [0.25, 0.3) is 0 Å². The average Bonchev–Trinajstić information content (AvgIpc) is 2.82. The van der Waals surface area contributed by atoms with Gasteiger partial charge in [0, 0.05) is 6.54 Å². The zero-order valence-electron chi connectivity index (χ0n) is 8.13. The highest BCUT2D eigenvalue weighted by Crippen LogP contribution is 2.30. The van der Waals surface area contributed by atoms with Crippen molar-refractivity contribution in [2.75, 3.05) is 6.54 Å². The number of aliphatic hydroxyl groups excluding tert-OH is 1. The van der Waals surface area contributed by atoms with E-state index in [4.69, 9.17) is 5.73 Å². The number of nitrogens with zero attached hydrogens (tertiary/aromatic N) is 3. The minimum absolute atomic E-state index is 0.469. The molecule has 1 aromatic heterocycles. The second-order valence-corrected chi connectivity index (χ2v) is 3.90. The number of nitrogens with two attached hydrogens (primary N) is 1. The van der Waals surface area contributed by atoms with Crippen LogP contribution in [-0.2, 0) is 6.54 Å². The zero-order chi connectivity index (χ0) is 9.97. The van der Waals surface area contributed by atoms with E-state index in [1.54, 1.807) is 0 Å². The van der Waals surface area contributed by atoms with Crippen LogP contribution >= 0.6 is 0 Å². The number of aromatic nitrogens is 3. The fourth-order valence-electron chi connectivity index (χ4n) is 1.43. The summed E-state index contributed by atoms with van der Waals surface area (Å²) >= 11 is 0. The largest absolute Gasteiger partial charge is 0.387 e. The predicted molar refractivity (Wildman–Crippen MR) is 51.4 cm³/mol. The lowest BCUT2D eigenvalue weighted by Crippen LogP contribution is -2.07. The minimum atomic E-state index is -0.562. The van der Waals surface area contributed by atoms with Gasteiger partial charge in [-0.3, -0.25) is 4.68 Å². The third kappa shape index (κ3) is 2.30. The van der Waals surface area contributed by atoms with E-state index in [2.05, 4.69) is 10.3 Å². The summed E-state index contributed by atoms with van der Waals surface area (Å²) in [5.41, 5.74) is 5.98. The summed E-state index contributed by atoms with van der Waals surface area (Å²) in [7, 11) is 0. The van der Waals surface area contributed by atoms with E-state index in [-0.39, 0.29) is 0 Å². The van der Waals surface area contributed by atoms with Gasteiger partial charge in [0.25, 0.3) is 0 Å². The second kappa shape index (κ2) is 4.06. The fraction of sp³-hybridized carbons (Fsp3) is 0.778. The Kier molecular flexibility index (Phi) is 2.79. The lowest BCUT2D eigenvalue weighted by atomic mass is 10.2. The van der Waals surface area contributed by atoms with Gasteiger partial charge < -0.3 is 10.8 Å². The van der Waals surface area contributed by atoms with E-state index in [1.165, 1.54) is 12.8 Å². The van der Waals surface area contributed by atoms with Crippen molar-refractivity contribution in [2.24, 2.45) is 11.7 Å². The van der Waals surface area contributed by atoms with Crippen LogP contribution in [0.4, 0.5) is 0 Å². The molecule has 78 valence electrons. The summed E-state index contributed by atoms with van der Waals surface area (Å²) in [4.78, 5) is 0. The highest BCUT2D eigenvalue weighted by Gasteiger charge is 2.22. The van der Waals surface area contributed by atoms with Crippen LogP contribution in [0.3, 0.4) is 0 Å². The minimum Gasteiger partial charge on any atom is -0.387 e. The van der Waals surface area contributed by atoms with Crippen LogP contribution in [0.1, 0.15) is 31.1 Å². The maximum Gasteiger partial charge on any atom is 0.111 e. The molecule has 0 bridgehead atoms.